The second kappa shape index (κ2) is 6.48. The summed E-state index contributed by atoms with van der Waals surface area (Å²) in [4.78, 5) is 4.11. The van der Waals surface area contributed by atoms with Gasteiger partial charge >= 0.3 is 0 Å². The third-order valence-corrected chi connectivity index (χ3v) is 3.60. The zero-order chi connectivity index (χ0) is 13.7. The topological polar surface area (TPSA) is 24.9 Å². The first-order valence-corrected chi connectivity index (χ1v) is 6.93. The summed E-state index contributed by atoms with van der Waals surface area (Å²) in [6.45, 7) is 7.58. The van der Waals surface area contributed by atoms with Crippen molar-refractivity contribution in [1.82, 2.24) is 10.3 Å². The molecule has 2 aromatic rings. The summed E-state index contributed by atoms with van der Waals surface area (Å²) in [6.07, 6.45) is 4.86. The zero-order valence-corrected chi connectivity index (χ0v) is 12.0. The lowest BCUT2D eigenvalue weighted by molar-refractivity contribution is 0.595. The van der Waals surface area contributed by atoms with Crippen molar-refractivity contribution < 1.29 is 0 Å². The van der Waals surface area contributed by atoms with Gasteiger partial charge in [-0.15, -0.1) is 0 Å². The van der Waals surface area contributed by atoms with Crippen molar-refractivity contribution in [2.75, 3.05) is 6.54 Å². The average molecular weight is 254 g/mol. The highest BCUT2D eigenvalue weighted by Gasteiger charge is 2.15. The normalized spacial score (nSPS) is 12.4. The second-order valence-electron chi connectivity index (χ2n) is 4.96. The number of aryl methyl sites for hydroxylation is 1. The van der Waals surface area contributed by atoms with Crippen LogP contribution in [-0.4, -0.2) is 11.5 Å². The van der Waals surface area contributed by atoms with Crippen LogP contribution in [0.25, 0.3) is 0 Å². The Hall–Kier alpha value is -1.67. The van der Waals surface area contributed by atoms with Crippen molar-refractivity contribution in [3.8, 4) is 0 Å². The predicted octanol–water partition coefficient (Wildman–Crippen LogP) is 3.79. The zero-order valence-electron chi connectivity index (χ0n) is 12.0. The molecule has 0 bridgehead atoms. The van der Waals surface area contributed by atoms with Crippen LogP contribution in [0.2, 0.25) is 0 Å². The number of benzene rings is 1. The van der Waals surface area contributed by atoms with E-state index in [9.17, 15) is 0 Å². The van der Waals surface area contributed by atoms with Gasteiger partial charge in [0.05, 0.1) is 6.04 Å². The summed E-state index contributed by atoms with van der Waals surface area (Å²) in [6, 6.07) is 11.0. The molecule has 2 heteroatoms. The fourth-order valence-electron chi connectivity index (χ4n) is 2.34. The van der Waals surface area contributed by atoms with Crippen LogP contribution in [0.5, 0.6) is 0 Å². The van der Waals surface area contributed by atoms with Gasteiger partial charge in [0.25, 0.3) is 0 Å². The number of hydrogen-bond donors (Lipinski definition) is 1. The van der Waals surface area contributed by atoms with Crippen LogP contribution in [0.4, 0.5) is 0 Å². The van der Waals surface area contributed by atoms with E-state index in [-0.39, 0.29) is 6.04 Å². The molecule has 2 nitrogen and oxygen atoms in total. The van der Waals surface area contributed by atoms with E-state index in [0.29, 0.717) is 0 Å². The van der Waals surface area contributed by atoms with Crippen molar-refractivity contribution >= 4 is 0 Å². The Morgan fingerprint density at radius 3 is 2.53 bits per heavy atom. The second-order valence-corrected chi connectivity index (χ2v) is 4.96. The Labute approximate surface area is 115 Å². The van der Waals surface area contributed by atoms with Crippen LogP contribution in [0, 0.1) is 13.8 Å². The highest BCUT2D eigenvalue weighted by Crippen LogP contribution is 2.26. The van der Waals surface area contributed by atoms with Crippen LogP contribution < -0.4 is 5.32 Å². The van der Waals surface area contributed by atoms with E-state index in [0.717, 1.165) is 13.0 Å². The van der Waals surface area contributed by atoms with Gasteiger partial charge in [0.1, 0.15) is 0 Å². The highest BCUT2D eigenvalue weighted by atomic mass is 14.9. The molecule has 0 aliphatic rings. The summed E-state index contributed by atoms with van der Waals surface area (Å²) < 4.78 is 0. The minimum absolute atomic E-state index is 0.253. The molecule has 1 unspecified atom stereocenters. The molecule has 0 saturated carbocycles. The van der Waals surface area contributed by atoms with Gasteiger partial charge in [-0.25, -0.2) is 0 Å². The SMILES string of the molecule is CCCNC(c1ccncc1)c1cccc(C)c1C. The maximum Gasteiger partial charge on any atom is 0.0580 e. The summed E-state index contributed by atoms with van der Waals surface area (Å²) in [5.41, 5.74) is 5.35. The maximum atomic E-state index is 4.11. The first kappa shape index (κ1) is 13.8. The molecule has 100 valence electrons. The van der Waals surface area contributed by atoms with Crippen LogP contribution in [-0.2, 0) is 0 Å². The first-order valence-electron chi connectivity index (χ1n) is 6.93. The van der Waals surface area contributed by atoms with Gasteiger partial charge < -0.3 is 5.32 Å². The molecule has 0 radical (unpaired) electrons. The standard InChI is InChI=1S/C17H22N2/c1-4-10-19-17(15-8-11-18-12-9-15)16-7-5-6-13(2)14(16)3/h5-9,11-12,17,19H,4,10H2,1-3H3. The van der Waals surface area contributed by atoms with Crippen LogP contribution in [0.1, 0.15) is 41.6 Å². The van der Waals surface area contributed by atoms with Gasteiger partial charge in [-0.05, 0) is 61.2 Å². The average Bonchev–Trinajstić information content (AvgIpc) is 2.45. The summed E-state index contributed by atoms with van der Waals surface area (Å²) >= 11 is 0. The summed E-state index contributed by atoms with van der Waals surface area (Å²) in [5, 5.41) is 3.64. The molecule has 1 aromatic carbocycles. The number of hydrogen-bond acceptors (Lipinski definition) is 2. The molecule has 1 atom stereocenters. The van der Waals surface area contributed by atoms with E-state index < -0.39 is 0 Å². The van der Waals surface area contributed by atoms with E-state index >= 15 is 0 Å². The molecule has 0 aliphatic heterocycles. The quantitative estimate of drug-likeness (QED) is 0.878. The number of pyridine rings is 1. The molecular formula is C17H22N2. The Morgan fingerprint density at radius 1 is 1.11 bits per heavy atom. The lowest BCUT2D eigenvalue weighted by Crippen LogP contribution is -2.24. The minimum Gasteiger partial charge on any atom is -0.306 e. The van der Waals surface area contributed by atoms with Crippen LogP contribution in [0.3, 0.4) is 0 Å². The van der Waals surface area contributed by atoms with Crippen molar-refractivity contribution in [3.63, 3.8) is 0 Å². The van der Waals surface area contributed by atoms with E-state index in [1.165, 1.54) is 22.3 Å². The lowest BCUT2D eigenvalue weighted by Gasteiger charge is -2.22. The summed E-state index contributed by atoms with van der Waals surface area (Å²) in [5.74, 6) is 0. The first-order chi connectivity index (χ1) is 9.24. The largest absolute Gasteiger partial charge is 0.306 e. The Kier molecular flexibility index (Phi) is 4.69. The molecule has 1 N–H and O–H groups in total. The van der Waals surface area contributed by atoms with Gasteiger partial charge in [0.15, 0.2) is 0 Å². The maximum absolute atomic E-state index is 4.11. The molecule has 0 saturated heterocycles. The van der Waals surface area contributed by atoms with E-state index in [1.54, 1.807) is 0 Å². The molecule has 1 aromatic heterocycles. The van der Waals surface area contributed by atoms with E-state index in [4.69, 9.17) is 0 Å². The fourth-order valence-corrected chi connectivity index (χ4v) is 2.34. The van der Waals surface area contributed by atoms with E-state index in [2.05, 4.69) is 61.4 Å². The molecule has 0 aliphatic carbocycles. The minimum atomic E-state index is 0.253. The fraction of sp³-hybridized carbons (Fsp3) is 0.353. The third kappa shape index (κ3) is 3.21. The van der Waals surface area contributed by atoms with Gasteiger partial charge in [0.2, 0.25) is 0 Å². The number of rotatable bonds is 5. The smallest absolute Gasteiger partial charge is 0.0580 e. The molecular weight excluding hydrogens is 232 g/mol. The Balaban J connectivity index is 2.40. The third-order valence-electron chi connectivity index (χ3n) is 3.60. The van der Waals surface area contributed by atoms with E-state index in [1.807, 2.05) is 12.4 Å². The van der Waals surface area contributed by atoms with Crippen molar-refractivity contribution in [3.05, 3.63) is 65.0 Å². The number of nitrogens with zero attached hydrogens (tertiary/aromatic N) is 1. The van der Waals surface area contributed by atoms with Crippen molar-refractivity contribution in [1.29, 1.82) is 0 Å². The Morgan fingerprint density at radius 2 is 1.84 bits per heavy atom. The van der Waals surface area contributed by atoms with Crippen LogP contribution in [0.15, 0.2) is 42.7 Å². The number of aromatic nitrogens is 1. The van der Waals surface area contributed by atoms with Gasteiger partial charge in [0, 0.05) is 12.4 Å². The van der Waals surface area contributed by atoms with Crippen LogP contribution >= 0.6 is 0 Å². The van der Waals surface area contributed by atoms with Gasteiger partial charge in [-0.1, -0.05) is 25.1 Å². The molecule has 19 heavy (non-hydrogen) atoms. The van der Waals surface area contributed by atoms with Crippen molar-refractivity contribution in [2.24, 2.45) is 0 Å². The lowest BCUT2D eigenvalue weighted by atomic mass is 9.93. The monoisotopic (exact) mass is 254 g/mol. The Bertz CT molecular complexity index is 520. The molecule has 0 fully saturated rings. The molecule has 2 rings (SSSR count). The highest BCUT2D eigenvalue weighted by molar-refractivity contribution is 5.40. The number of nitrogens with one attached hydrogen (secondary N) is 1. The molecule has 1 heterocycles. The molecule has 0 amide bonds. The van der Waals surface area contributed by atoms with Crippen molar-refractivity contribution in [2.45, 2.75) is 33.2 Å². The van der Waals surface area contributed by atoms with Gasteiger partial charge in [-0.2, -0.15) is 0 Å². The molecule has 0 spiro atoms. The van der Waals surface area contributed by atoms with Gasteiger partial charge in [-0.3, -0.25) is 4.98 Å². The summed E-state index contributed by atoms with van der Waals surface area (Å²) in [7, 11) is 0. The predicted molar refractivity (Wildman–Crippen MR) is 80.3 cm³/mol.